The van der Waals surface area contributed by atoms with Crippen LogP contribution < -0.4 is 9.80 Å². The molecule has 0 aromatic heterocycles. The molecular formula is C44H50N2. The summed E-state index contributed by atoms with van der Waals surface area (Å²) in [6.07, 6.45) is 18.7. The van der Waals surface area contributed by atoms with E-state index in [9.17, 15) is 0 Å². The molecule has 5 rings (SSSR count). The van der Waals surface area contributed by atoms with Gasteiger partial charge in [0.1, 0.15) is 0 Å². The number of rotatable bonds is 9. The lowest BCUT2D eigenvalue weighted by Gasteiger charge is -2.34. The molecule has 2 aliphatic rings. The molecule has 0 saturated heterocycles. The molecule has 236 valence electrons. The largest absolute Gasteiger partial charge is 0.318 e. The summed E-state index contributed by atoms with van der Waals surface area (Å²) in [7, 11) is 0. The molecule has 0 spiro atoms. The zero-order chi connectivity index (χ0) is 33.0. The first-order valence-corrected chi connectivity index (χ1v) is 16.7. The number of anilines is 3. The van der Waals surface area contributed by atoms with Gasteiger partial charge in [-0.25, -0.2) is 0 Å². The summed E-state index contributed by atoms with van der Waals surface area (Å²) in [4.78, 5) is 4.89. The number of hydrogen-bond donors (Lipinski definition) is 0. The third-order valence-corrected chi connectivity index (χ3v) is 9.14. The van der Waals surface area contributed by atoms with Crippen LogP contribution in [-0.2, 0) is 0 Å². The molecule has 0 saturated carbocycles. The van der Waals surface area contributed by atoms with E-state index in [-0.39, 0.29) is 0 Å². The average molecular weight is 607 g/mol. The normalized spacial score (nSPS) is 17.1. The Balaban J connectivity index is 1.55. The van der Waals surface area contributed by atoms with Gasteiger partial charge < -0.3 is 9.80 Å². The van der Waals surface area contributed by atoms with Crippen molar-refractivity contribution in [1.29, 1.82) is 0 Å². The standard InChI is InChI=1S/C44H50N2/c1-10-13-30(2)24-37(9)45(44-27-33(5)18-19-34(44)6)40-20-22-42(35(7)28-40)43-23-21-41(29-36(43)8)46(38-16-11-14-31(3)25-38)39-17-12-15-32(4)26-39/h10-11,13-16,18,20-29,34H,1,12,17,19H2,2-9H3/b30-13-,37-24+. The molecule has 2 heteroatoms. The summed E-state index contributed by atoms with van der Waals surface area (Å²) in [6.45, 7) is 21.6. The predicted molar refractivity (Wildman–Crippen MR) is 202 cm³/mol. The summed E-state index contributed by atoms with van der Waals surface area (Å²) in [5.41, 5.74) is 17.7. The monoisotopic (exact) mass is 606 g/mol. The molecule has 3 aromatic carbocycles. The van der Waals surface area contributed by atoms with E-state index >= 15 is 0 Å². The molecule has 0 amide bonds. The Bertz CT molecular complexity index is 1820. The molecule has 0 aliphatic heterocycles. The van der Waals surface area contributed by atoms with E-state index in [1.807, 2.05) is 6.08 Å². The number of nitrogens with zero attached hydrogens (tertiary/aromatic N) is 2. The average Bonchev–Trinajstić information content (AvgIpc) is 3.00. The Hall–Kier alpha value is -4.56. The molecule has 0 N–H and O–H groups in total. The van der Waals surface area contributed by atoms with Crippen molar-refractivity contribution in [2.45, 2.75) is 74.7 Å². The highest BCUT2D eigenvalue weighted by Gasteiger charge is 2.23. The first kappa shape index (κ1) is 32.8. The number of benzene rings is 3. The molecule has 0 bridgehead atoms. The van der Waals surface area contributed by atoms with E-state index in [2.05, 4.69) is 169 Å². The maximum Gasteiger partial charge on any atom is 0.0461 e. The van der Waals surface area contributed by atoms with Crippen LogP contribution >= 0.6 is 0 Å². The highest BCUT2D eigenvalue weighted by Crippen LogP contribution is 2.40. The van der Waals surface area contributed by atoms with Gasteiger partial charge in [-0.2, -0.15) is 0 Å². The van der Waals surface area contributed by atoms with Gasteiger partial charge in [0.25, 0.3) is 0 Å². The Morgan fingerprint density at radius 3 is 2.09 bits per heavy atom. The second-order valence-corrected chi connectivity index (χ2v) is 13.2. The van der Waals surface area contributed by atoms with Crippen LogP contribution in [0.25, 0.3) is 11.1 Å². The number of aryl methyl sites for hydroxylation is 3. The molecule has 0 radical (unpaired) electrons. The molecule has 0 heterocycles. The second-order valence-electron chi connectivity index (χ2n) is 13.2. The van der Waals surface area contributed by atoms with Crippen LogP contribution in [0, 0.1) is 26.7 Å². The van der Waals surface area contributed by atoms with Crippen LogP contribution in [0.5, 0.6) is 0 Å². The topological polar surface area (TPSA) is 6.48 Å². The minimum atomic E-state index is 0.431. The van der Waals surface area contributed by atoms with Crippen LogP contribution in [-0.4, -0.2) is 0 Å². The SMILES string of the molecule is C=C/C=C(C)\C=C(/C)N(C1=CC(C)=CCC1C)c1ccc(-c2ccc(N(C3=CC(C)=CCC3)c3cccc(C)c3)cc2C)c(C)c1. The maximum atomic E-state index is 3.89. The summed E-state index contributed by atoms with van der Waals surface area (Å²) >= 11 is 0. The van der Waals surface area contributed by atoms with E-state index < -0.39 is 0 Å². The Morgan fingerprint density at radius 2 is 1.43 bits per heavy atom. The first-order chi connectivity index (χ1) is 22.0. The predicted octanol–water partition coefficient (Wildman–Crippen LogP) is 12.8. The summed E-state index contributed by atoms with van der Waals surface area (Å²) in [5, 5.41) is 0. The number of allylic oxidation sites excluding steroid dienone is 13. The lowest BCUT2D eigenvalue weighted by molar-refractivity contribution is 0.657. The van der Waals surface area contributed by atoms with Gasteiger partial charge in [-0.15, -0.1) is 0 Å². The van der Waals surface area contributed by atoms with E-state index in [4.69, 9.17) is 0 Å². The van der Waals surface area contributed by atoms with Crippen molar-refractivity contribution in [1.82, 2.24) is 0 Å². The van der Waals surface area contributed by atoms with Gasteiger partial charge >= 0.3 is 0 Å². The van der Waals surface area contributed by atoms with Crippen molar-refractivity contribution in [3.8, 4) is 11.1 Å². The lowest BCUT2D eigenvalue weighted by Crippen LogP contribution is -2.26. The smallest absolute Gasteiger partial charge is 0.0461 e. The first-order valence-electron chi connectivity index (χ1n) is 16.7. The van der Waals surface area contributed by atoms with Gasteiger partial charge in [0.15, 0.2) is 0 Å². The van der Waals surface area contributed by atoms with E-state index in [0.29, 0.717) is 5.92 Å². The molecule has 1 atom stereocenters. The van der Waals surface area contributed by atoms with E-state index in [0.717, 1.165) is 19.3 Å². The summed E-state index contributed by atoms with van der Waals surface area (Å²) in [5.74, 6) is 0.431. The van der Waals surface area contributed by atoms with Crippen molar-refractivity contribution in [3.63, 3.8) is 0 Å². The van der Waals surface area contributed by atoms with Crippen LogP contribution in [0.2, 0.25) is 0 Å². The fourth-order valence-corrected chi connectivity index (χ4v) is 6.83. The molecule has 3 aromatic rings. The third kappa shape index (κ3) is 7.29. The van der Waals surface area contributed by atoms with Gasteiger partial charge in [0, 0.05) is 40.1 Å². The van der Waals surface area contributed by atoms with Gasteiger partial charge in [0.2, 0.25) is 0 Å². The minimum absolute atomic E-state index is 0.431. The molecule has 2 aliphatic carbocycles. The van der Waals surface area contributed by atoms with Gasteiger partial charge in [-0.1, -0.05) is 73.2 Å². The van der Waals surface area contributed by atoms with Crippen LogP contribution in [0.3, 0.4) is 0 Å². The van der Waals surface area contributed by atoms with Gasteiger partial charge in [0.05, 0.1) is 0 Å². The van der Waals surface area contributed by atoms with E-state index in [1.165, 1.54) is 78.7 Å². The van der Waals surface area contributed by atoms with Crippen molar-refractivity contribution < 1.29 is 0 Å². The van der Waals surface area contributed by atoms with Crippen molar-refractivity contribution in [2.75, 3.05) is 9.80 Å². The molecule has 46 heavy (non-hydrogen) atoms. The fourth-order valence-electron chi connectivity index (χ4n) is 6.83. The van der Waals surface area contributed by atoms with Gasteiger partial charge in [-0.3, -0.25) is 0 Å². The Kier molecular flexibility index (Phi) is 10.2. The number of hydrogen-bond acceptors (Lipinski definition) is 2. The van der Waals surface area contributed by atoms with Crippen molar-refractivity contribution in [2.24, 2.45) is 5.92 Å². The highest BCUT2D eigenvalue weighted by atomic mass is 15.2. The third-order valence-electron chi connectivity index (χ3n) is 9.14. The summed E-state index contributed by atoms with van der Waals surface area (Å²) < 4.78 is 0. The zero-order valence-corrected chi connectivity index (χ0v) is 29.1. The zero-order valence-electron chi connectivity index (χ0n) is 29.1. The lowest BCUT2D eigenvalue weighted by atomic mass is 9.92. The second kappa shape index (κ2) is 14.3. The quantitative estimate of drug-likeness (QED) is 0.224. The Labute approximate surface area is 278 Å². The Morgan fingerprint density at radius 1 is 0.783 bits per heavy atom. The minimum Gasteiger partial charge on any atom is -0.318 e. The summed E-state index contributed by atoms with van der Waals surface area (Å²) in [6, 6.07) is 22.8. The molecule has 0 fully saturated rings. The molecule has 2 nitrogen and oxygen atoms in total. The van der Waals surface area contributed by atoms with E-state index in [1.54, 1.807) is 0 Å². The van der Waals surface area contributed by atoms with Crippen LogP contribution in [0.15, 0.2) is 144 Å². The maximum absolute atomic E-state index is 3.89. The molecular weight excluding hydrogens is 556 g/mol. The van der Waals surface area contributed by atoms with Crippen molar-refractivity contribution in [3.05, 3.63) is 160 Å². The van der Waals surface area contributed by atoms with Crippen LogP contribution in [0.4, 0.5) is 17.1 Å². The van der Waals surface area contributed by atoms with Gasteiger partial charge in [-0.05, 0) is 156 Å². The molecule has 1 unspecified atom stereocenters. The van der Waals surface area contributed by atoms with Crippen LogP contribution in [0.1, 0.15) is 70.6 Å². The van der Waals surface area contributed by atoms with Crippen molar-refractivity contribution >= 4 is 17.1 Å². The highest BCUT2D eigenvalue weighted by molar-refractivity contribution is 5.78. The fraction of sp³-hybridized carbons (Fsp3) is 0.273.